The van der Waals surface area contributed by atoms with Gasteiger partial charge in [-0.1, -0.05) is 194 Å². The molecule has 2 heteroatoms. The minimum atomic E-state index is 0.893. The second kappa shape index (κ2) is 14.1. The number of furan rings is 1. The Morgan fingerprint density at radius 2 is 0.862 bits per heavy atom. The predicted octanol–water partition coefficient (Wildman–Crippen LogP) is 16.0. The molecule has 11 aromatic rings. The van der Waals surface area contributed by atoms with Gasteiger partial charge in [0.25, 0.3) is 0 Å². The van der Waals surface area contributed by atoms with Crippen LogP contribution in [0.1, 0.15) is 0 Å². The summed E-state index contributed by atoms with van der Waals surface area (Å²) < 4.78 is 6.60. The lowest BCUT2D eigenvalue weighted by Gasteiger charge is -2.31. The number of rotatable bonds is 7. The lowest BCUT2D eigenvalue weighted by Crippen LogP contribution is -2.13. The van der Waals surface area contributed by atoms with E-state index in [-0.39, 0.29) is 0 Å². The molecule has 11 rings (SSSR count). The van der Waals surface area contributed by atoms with Gasteiger partial charge in [-0.05, 0) is 79.9 Å². The third kappa shape index (κ3) is 5.66. The lowest BCUT2D eigenvalue weighted by atomic mass is 9.87. The monoisotopic (exact) mass is 739 g/mol. The maximum absolute atomic E-state index is 6.60. The van der Waals surface area contributed by atoms with Crippen molar-refractivity contribution in [2.24, 2.45) is 0 Å². The van der Waals surface area contributed by atoms with Crippen molar-refractivity contribution in [2.75, 3.05) is 4.90 Å². The van der Waals surface area contributed by atoms with Gasteiger partial charge in [0.05, 0.1) is 11.4 Å². The molecular formula is C56H37NO. The molecule has 0 bridgehead atoms. The number of para-hydroxylation sites is 2. The van der Waals surface area contributed by atoms with Crippen molar-refractivity contribution in [3.05, 3.63) is 224 Å². The molecule has 1 aromatic heterocycles. The number of nitrogens with zero attached hydrogens (tertiary/aromatic N) is 1. The van der Waals surface area contributed by atoms with Crippen molar-refractivity contribution in [3.63, 3.8) is 0 Å². The van der Waals surface area contributed by atoms with Crippen molar-refractivity contribution in [3.8, 4) is 44.5 Å². The summed E-state index contributed by atoms with van der Waals surface area (Å²) in [5, 5.41) is 7.06. The molecule has 10 aromatic carbocycles. The van der Waals surface area contributed by atoms with E-state index in [2.05, 4.69) is 223 Å². The first-order chi connectivity index (χ1) is 28.8. The van der Waals surface area contributed by atoms with Gasteiger partial charge in [-0.25, -0.2) is 0 Å². The Kier molecular flexibility index (Phi) is 8.19. The van der Waals surface area contributed by atoms with Gasteiger partial charge < -0.3 is 9.32 Å². The summed E-state index contributed by atoms with van der Waals surface area (Å²) in [5.74, 6) is 0. The maximum atomic E-state index is 6.60. The molecule has 0 aliphatic carbocycles. The van der Waals surface area contributed by atoms with Crippen LogP contribution in [-0.4, -0.2) is 0 Å². The molecule has 0 spiro atoms. The topological polar surface area (TPSA) is 16.4 Å². The van der Waals surface area contributed by atoms with Gasteiger partial charge in [-0.2, -0.15) is 0 Å². The molecule has 0 aliphatic heterocycles. The fraction of sp³-hybridized carbons (Fsp3) is 0. The van der Waals surface area contributed by atoms with Crippen LogP contribution in [-0.2, 0) is 0 Å². The Morgan fingerprint density at radius 1 is 0.310 bits per heavy atom. The van der Waals surface area contributed by atoms with E-state index in [1.807, 2.05) is 6.07 Å². The van der Waals surface area contributed by atoms with Crippen LogP contribution in [0.3, 0.4) is 0 Å². The van der Waals surface area contributed by atoms with Crippen molar-refractivity contribution in [1.82, 2.24) is 0 Å². The standard InChI is InChI=1S/C56H37NO/c1-3-18-38(19-4-1)43-25-9-12-30-50(43)55-45(39-20-5-2-6-21-39)31-17-34-52(55)57(53-37-41-22-7-8-26-44(41)47-27-10-11-28-48(47)53)42-24-15-23-40(36-42)46-32-16-33-51-49-29-13-14-35-54(49)58-56(46)51/h1-37H. The van der Waals surface area contributed by atoms with Gasteiger partial charge in [0, 0.05) is 33.0 Å². The number of hydrogen-bond acceptors (Lipinski definition) is 2. The van der Waals surface area contributed by atoms with Crippen LogP contribution in [0.5, 0.6) is 0 Å². The van der Waals surface area contributed by atoms with E-state index in [9.17, 15) is 0 Å². The molecule has 0 saturated carbocycles. The third-order valence-electron chi connectivity index (χ3n) is 11.5. The first-order valence-electron chi connectivity index (χ1n) is 19.8. The Bertz CT molecular complexity index is 3290. The number of hydrogen-bond donors (Lipinski definition) is 0. The Morgan fingerprint density at radius 3 is 1.67 bits per heavy atom. The number of fused-ring (bicyclic) bond motifs is 6. The highest BCUT2D eigenvalue weighted by molar-refractivity contribution is 6.16. The van der Waals surface area contributed by atoms with Crippen LogP contribution in [0.25, 0.3) is 88.0 Å². The normalized spacial score (nSPS) is 11.4. The molecular weight excluding hydrogens is 703 g/mol. The van der Waals surface area contributed by atoms with Crippen molar-refractivity contribution in [1.29, 1.82) is 0 Å². The van der Waals surface area contributed by atoms with Crippen LogP contribution in [0, 0.1) is 0 Å². The van der Waals surface area contributed by atoms with Crippen molar-refractivity contribution in [2.45, 2.75) is 0 Å². The number of anilines is 3. The van der Waals surface area contributed by atoms with Gasteiger partial charge >= 0.3 is 0 Å². The van der Waals surface area contributed by atoms with E-state index in [1.54, 1.807) is 0 Å². The maximum Gasteiger partial charge on any atom is 0.143 e. The highest BCUT2D eigenvalue weighted by Crippen LogP contribution is 2.50. The quantitative estimate of drug-likeness (QED) is 0.151. The van der Waals surface area contributed by atoms with Crippen LogP contribution < -0.4 is 4.90 Å². The Labute approximate surface area is 337 Å². The minimum absolute atomic E-state index is 0.893. The van der Waals surface area contributed by atoms with E-state index in [0.29, 0.717) is 0 Å². The number of benzene rings is 10. The Balaban J connectivity index is 1.24. The van der Waals surface area contributed by atoms with E-state index in [4.69, 9.17) is 4.42 Å². The average molecular weight is 740 g/mol. The van der Waals surface area contributed by atoms with Crippen LogP contribution in [0.4, 0.5) is 17.1 Å². The van der Waals surface area contributed by atoms with Gasteiger partial charge in [-0.15, -0.1) is 0 Å². The summed E-state index contributed by atoms with van der Waals surface area (Å²) in [7, 11) is 0. The molecule has 0 amide bonds. The molecule has 2 nitrogen and oxygen atoms in total. The SMILES string of the molecule is c1ccc(-c2ccccc2-c2c(-c3ccccc3)cccc2N(c2cccc(-c3cccc4c3oc3ccccc34)c2)c2cc3ccccc3c3ccccc23)cc1. The molecule has 58 heavy (non-hydrogen) atoms. The zero-order chi connectivity index (χ0) is 38.4. The molecule has 272 valence electrons. The Hall–Kier alpha value is -7.68. The molecule has 1 heterocycles. The molecule has 0 N–H and O–H groups in total. The molecule has 0 aliphatic rings. The summed E-state index contributed by atoms with van der Waals surface area (Å²) in [4.78, 5) is 2.49. The summed E-state index contributed by atoms with van der Waals surface area (Å²) in [6.07, 6.45) is 0. The lowest BCUT2D eigenvalue weighted by molar-refractivity contribution is 0.670. The van der Waals surface area contributed by atoms with E-state index in [0.717, 1.165) is 61.3 Å². The fourth-order valence-electron chi connectivity index (χ4n) is 8.85. The molecule has 0 unspecified atom stereocenters. The fourth-order valence-corrected chi connectivity index (χ4v) is 8.85. The zero-order valence-electron chi connectivity index (χ0n) is 31.7. The van der Waals surface area contributed by atoms with E-state index in [1.165, 1.54) is 43.8 Å². The first kappa shape index (κ1) is 33.6. The van der Waals surface area contributed by atoms with Crippen LogP contribution in [0.15, 0.2) is 229 Å². The van der Waals surface area contributed by atoms with Gasteiger partial charge in [0.2, 0.25) is 0 Å². The second-order valence-corrected chi connectivity index (χ2v) is 14.8. The highest BCUT2D eigenvalue weighted by Gasteiger charge is 2.25. The molecule has 0 saturated heterocycles. The minimum Gasteiger partial charge on any atom is -0.455 e. The third-order valence-corrected chi connectivity index (χ3v) is 11.5. The summed E-state index contributed by atoms with van der Waals surface area (Å²) >= 11 is 0. The van der Waals surface area contributed by atoms with E-state index < -0.39 is 0 Å². The summed E-state index contributed by atoms with van der Waals surface area (Å²) in [6.45, 7) is 0. The summed E-state index contributed by atoms with van der Waals surface area (Å²) in [6, 6.07) is 80.8. The van der Waals surface area contributed by atoms with Crippen molar-refractivity contribution < 1.29 is 4.42 Å². The second-order valence-electron chi connectivity index (χ2n) is 14.8. The predicted molar refractivity (Wildman–Crippen MR) is 245 cm³/mol. The van der Waals surface area contributed by atoms with Crippen LogP contribution in [0.2, 0.25) is 0 Å². The highest BCUT2D eigenvalue weighted by atomic mass is 16.3. The largest absolute Gasteiger partial charge is 0.455 e. The van der Waals surface area contributed by atoms with Gasteiger partial charge in [0.1, 0.15) is 11.2 Å². The summed E-state index contributed by atoms with van der Waals surface area (Å²) in [5.41, 5.74) is 14.2. The zero-order valence-corrected chi connectivity index (χ0v) is 31.7. The van der Waals surface area contributed by atoms with Crippen LogP contribution >= 0.6 is 0 Å². The first-order valence-corrected chi connectivity index (χ1v) is 19.8. The molecule has 0 radical (unpaired) electrons. The molecule has 0 fully saturated rings. The van der Waals surface area contributed by atoms with E-state index >= 15 is 0 Å². The van der Waals surface area contributed by atoms with Crippen molar-refractivity contribution >= 4 is 60.5 Å². The van der Waals surface area contributed by atoms with Gasteiger partial charge in [0.15, 0.2) is 0 Å². The molecule has 0 atom stereocenters. The smallest absolute Gasteiger partial charge is 0.143 e. The van der Waals surface area contributed by atoms with Gasteiger partial charge in [-0.3, -0.25) is 0 Å². The average Bonchev–Trinajstić information content (AvgIpc) is 3.69.